The van der Waals surface area contributed by atoms with E-state index < -0.39 is 5.97 Å². The highest BCUT2D eigenvalue weighted by Gasteiger charge is 2.24. The fourth-order valence-electron chi connectivity index (χ4n) is 2.87. The molecule has 0 bridgehead atoms. The van der Waals surface area contributed by atoms with Crippen molar-refractivity contribution in [2.45, 2.75) is 46.5 Å². The summed E-state index contributed by atoms with van der Waals surface area (Å²) in [4.78, 5) is 25.2. The molecule has 0 aliphatic rings. The molecule has 1 aromatic heterocycles. The number of amides is 1. The fraction of sp³-hybridized carbons (Fsp3) is 0.429. The zero-order valence-corrected chi connectivity index (χ0v) is 16.5. The van der Waals surface area contributed by atoms with Gasteiger partial charge in [-0.05, 0) is 25.3 Å². The number of anilines is 1. The maximum atomic E-state index is 12.7. The standard InChI is InChI=1S/C21H27NO3S/c1-4-7-11-15(5-2)19(23)22-20-18(21(24)25-6-3)17(14-26-20)16-12-9-8-10-13-16/h8-10,12-15H,4-7,11H2,1-3H3,(H,22,23). The molecule has 4 nitrogen and oxygen atoms in total. The molecule has 0 aliphatic carbocycles. The number of carbonyl (C=O) groups is 2. The summed E-state index contributed by atoms with van der Waals surface area (Å²) in [5.41, 5.74) is 2.18. The van der Waals surface area contributed by atoms with E-state index in [2.05, 4.69) is 12.2 Å². The average Bonchev–Trinajstić information content (AvgIpc) is 3.07. The molecule has 0 aliphatic heterocycles. The van der Waals surface area contributed by atoms with Gasteiger partial charge in [-0.25, -0.2) is 4.79 Å². The van der Waals surface area contributed by atoms with E-state index in [1.165, 1.54) is 11.3 Å². The topological polar surface area (TPSA) is 55.4 Å². The highest BCUT2D eigenvalue weighted by Crippen LogP contribution is 2.36. The van der Waals surface area contributed by atoms with E-state index in [4.69, 9.17) is 4.74 Å². The Morgan fingerprint density at radius 1 is 1.15 bits per heavy atom. The lowest BCUT2D eigenvalue weighted by Crippen LogP contribution is -2.23. The Labute approximate surface area is 159 Å². The molecular formula is C21H27NO3S. The number of hydrogen-bond acceptors (Lipinski definition) is 4. The Kier molecular flexibility index (Phi) is 7.85. The lowest BCUT2D eigenvalue weighted by atomic mass is 9.98. The van der Waals surface area contributed by atoms with Crippen molar-refractivity contribution in [3.8, 4) is 11.1 Å². The number of nitrogens with one attached hydrogen (secondary N) is 1. The lowest BCUT2D eigenvalue weighted by Gasteiger charge is -2.15. The molecule has 1 aromatic carbocycles. The van der Waals surface area contributed by atoms with Crippen LogP contribution in [-0.4, -0.2) is 18.5 Å². The Hall–Kier alpha value is -2.14. The van der Waals surface area contributed by atoms with Crippen LogP contribution >= 0.6 is 11.3 Å². The van der Waals surface area contributed by atoms with Gasteiger partial charge in [0.1, 0.15) is 10.6 Å². The smallest absolute Gasteiger partial charge is 0.341 e. The molecule has 0 fully saturated rings. The van der Waals surface area contributed by atoms with Gasteiger partial charge in [0.25, 0.3) is 0 Å². The van der Waals surface area contributed by atoms with E-state index >= 15 is 0 Å². The van der Waals surface area contributed by atoms with E-state index in [0.717, 1.165) is 36.8 Å². The summed E-state index contributed by atoms with van der Waals surface area (Å²) in [5.74, 6) is -0.454. The van der Waals surface area contributed by atoms with Crippen LogP contribution in [0.25, 0.3) is 11.1 Å². The van der Waals surface area contributed by atoms with Crippen molar-refractivity contribution in [1.29, 1.82) is 0 Å². The highest BCUT2D eigenvalue weighted by atomic mass is 32.1. The second kappa shape index (κ2) is 10.1. The summed E-state index contributed by atoms with van der Waals surface area (Å²) in [5, 5.41) is 5.46. The summed E-state index contributed by atoms with van der Waals surface area (Å²) in [6.45, 7) is 6.22. The van der Waals surface area contributed by atoms with Crippen LogP contribution in [0, 0.1) is 5.92 Å². The third kappa shape index (κ3) is 4.94. The van der Waals surface area contributed by atoms with E-state index in [1.54, 1.807) is 6.92 Å². The maximum absolute atomic E-state index is 12.7. The minimum atomic E-state index is -0.399. The van der Waals surface area contributed by atoms with Crippen LogP contribution in [0.3, 0.4) is 0 Å². The molecule has 2 aromatic rings. The van der Waals surface area contributed by atoms with Crippen LogP contribution in [0.15, 0.2) is 35.7 Å². The molecule has 0 radical (unpaired) electrons. The predicted molar refractivity (Wildman–Crippen MR) is 108 cm³/mol. The molecule has 0 saturated carbocycles. The van der Waals surface area contributed by atoms with Gasteiger partial charge in [0.15, 0.2) is 0 Å². The summed E-state index contributed by atoms with van der Waals surface area (Å²) < 4.78 is 5.24. The third-order valence-electron chi connectivity index (χ3n) is 4.36. The first kappa shape index (κ1) is 20.2. The second-order valence-electron chi connectivity index (χ2n) is 6.18. The van der Waals surface area contributed by atoms with Gasteiger partial charge in [-0.1, -0.05) is 57.0 Å². The van der Waals surface area contributed by atoms with Crippen molar-refractivity contribution < 1.29 is 14.3 Å². The van der Waals surface area contributed by atoms with E-state index in [1.807, 2.05) is 42.6 Å². The normalized spacial score (nSPS) is 11.8. The molecule has 1 amide bonds. The Morgan fingerprint density at radius 2 is 1.88 bits per heavy atom. The zero-order chi connectivity index (χ0) is 18.9. The number of thiophene rings is 1. The van der Waals surface area contributed by atoms with Crippen molar-refractivity contribution in [2.24, 2.45) is 5.92 Å². The number of benzene rings is 1. The van der Waals surface area contributed by atoms with Crippen LogP contribution < -0.4 is 5.32 Å². The highest BCUT2D eigenvalue weighted by molar-refractivity contribution is 7.15. The van der Waals surface area contributed by atoms with Crippen molar-refractivity contribution in [2.75, 3.05) is 11.9 Å². The molecule has 1 N–H and O–H groups in total. The Balaban J connectivity index is 2.32. The third-order valence-corrected chi connectivity index (χ3v) is 5.26. The molecule has 1 unspecified atom stereocenters. The largest absolute Gasteiger partial charge is 0.462 e. The van der Waals surface area contributed by atoms with Crippen LogP contribution in [0.5, 0.6) is 0 Å². The maximum Gasteiger partial charge on any atom is 0.341 e. The number of hydrogen-bond donors (Lipinski definition) is 1. The molecule has 1 heterocycles. The summed E-state index contributed by atoms with van der Waals surface area (Å²) in [6, 6.07) is 9.69. The first-order valence-corrected chi connectivity index (χ1v) is 10.1. The number of unbranched alkanes of at least 4 members (excludes halogenated alkanes) is 1. The molecule has 5 heteroatoms. The number of carbonyl (C=O) groups excluding carboxylic acids is 2. The minimum Gasteiger partial charge on any atom is -0.462 e. The van der Waals surface area contributed by atoms with Gasteiger partial charge in [0.05, 0.1) is 6.61 Å². The summed E-state index contributed by atoms with van der Waals surface area (Å²) >= 11 is 1.37. The molecule has 1 atom stereocenters. The van der Waals surface area contributed by atoms with Gasteiger partial charge in [0.2, 0.25) is 5.91 Å². The monoisotopic (exact) mass is 373 g/mol. The van der Waals surface area contributed by atoms with Crippen LogP contribution in [-0.2, 0) is 9.53 Å². The summed E-state index contributed by atoms with van der Waals surface area (Å²) in [7, 11) is 0. The van der Waals surface area contributed by atoms with E-state index in [-0.39, 0.29) is 11.8 Å². The number of ether oxygens (including phenoxy) is 1. The van der Waals surface area contributed by atoms with Gasteiger partial charge in [-0.3, -0.25) is 4.79 Å². The van der Waals surface area contributed by atoms with Gasteiger partial charge in [-0.15, -0.1) is 11.3 Å². The predicted octanol–water partition coefficient (Wildman–Crippen LogP) is 5.75. The average molecular weight is 374 g/mol. The van der Waals surface area contributed by atoms with Crippen LogP contribution in [0.1, 0.15) is 56.8 Å². The Bertz CT molecular complexity index is 724. The number of rotatable bonds is 9. The molecule has 0 saturated heterocycles. The van der Waals surface area contributed by atoms with Crippen molar-refractivity contribution in [1.82, 2.24) is 0 Å². The van der Waals surface area contributed by atoms with Crippen molar-refractivity contribution >= 4 is 28.2 Å². The Morgan fingerprint density at radius 3 is 2.50 bits per heavy atom. The molecule has 0 spiro atoms. The summed E-state index contributed by atoms with van der Waals surface area (Å²) in [6.07, 6.45) is 3.74. The lowest BCUT2D eigenvalue weighted by molar-refractivity contribution is -0.120. The van der Waals surface area contributed by atoms with Crippen LogP contribution in [0.4, 0.5) is 5.00 Å². The minimum absolute atomic E-state index is 0.0204. The van der Waals surface area contributed by atoms with Crippen LogP contribution in [0.2, 0.25) is 0 Å². The number of esters is 1. The first-order chi connectivity index (χ1) is 12.6. The molecular weight excluding hydrogens is 346 g/mol. The van der Waals surface area contributed by atoms with Gasteiger partial charge >= 0.3 is 5.97 Å². The zero-order valence-electron chi connectivity index (χ0n) is 15.7. The molecule has 26 heavy (non-hydrogen) atoms. The van der Waals surface area contributed by atoms with E-state index in [9.17, 15) is 9.59 Å². The van der Waals surface area contributed by atoms with Crippen molar-refractivity contribution in [3.05, 3.63) is 41.3 Å². The second-order valence-corrected chi connectivity index (χ2v) is 7.06. The van der Waals surface area contributed by atoms with Gasteiger partial charge in [0, 0.05) is 16.9 Å². The van der Waals surface area contributed by atoms with Crippen molar-refractivity contribution in [3.63, 3.8) is 0 Å². The first-order valence-electron chi connectivity index (χ1n) is 9.27. The van der Waals surface area contributed by atoms with Gasteiger partial charge < -0.3 is 10.1 Å². The fourth-order valence-corrected chi connectivity index (χ4v) is 3.83. The SMILES string of the molecule is CCCCC(CC)C(=O)Nc1scc(-c2ccccc2)c1C(=O)OCC. The van der Waals surface area contributed by atoms with E-state index in [0.29, 0.717) is 17.2 Å². The molecule has 140 valence electrons. The quantitative estimate of drug-likeness (QED) is 0.570. The molecule has 2 rings (SSSR count). The van der Waals surface area contributed by atoms with Gasteiger partial charge in [-0.2, -0.15) is 0 Å².